The van der Waals surface area contributed by atoms with E-state index in [1.807, 2.05) is 0 Å². The molecule has 2 atom stereocenters. The van der Waals surface area contributed by atoms with Crippen LogP contribution in [0.25, 0.3) is 0 Å². The van der Waals surface area contributed by atoms with Gasteiger partial charge in [0, 0.05) is 13.2 Å². The van der Waals surface area contributed by atoms with E-state index in [0.29, 0.717) is 5.41 Å². The van der Waals surface area contributed by atoms with Gasteiger partial charge in [-0.1, -0.05) is 48.0 Å². The van der Waals surface area contributed by atoms with Crippen molar-refractivity contribution in [1.82, 2.24) is 0 Å². The predicted molar refractivity (Wildman–Crippen MR) is 71.8 cm³/mol. The lowest BCUT2D eigenvalue weighted by Gasteiger charge is -2.39. The zero-order chi connectivity index (χ0) is 11.6. The molecule has 1 saturated heterocycles. The number of benzene rings is 1. The van der Waals surface area contributed by atoms with Gasteiger partial charge in [0.05, 0.1) is 9.52 Å². The average Bonchev–Trinajstić information content (AvgIpc) is 2.82. The fraction of sp³-hybridized carbons (Fsp3) is 0.600. The minimum absolute atomic E-state index is 0.631. The summed E-state index contributed by atoms with van der Waals surface area (Å²) in [5, 5.41) is 1.53. The largest absolute Gasteiger partial charge is 0.381 e. The maximum Gasteiger partial charge on any atom is 0.0813 e. The van der Waals surface area contributed by atoms with Crippen LogP contribution in [0, 0.1) is 11.3 Å². The Morgan fingerprint density at radius 3 is 3.00 bits per heavy atom. The average molecular weight is 244 g/mol. The van der Waals surface area contributed by atoms with Crippen LogP contribution in [0.3, 0.4) is 0 Å². The number of rotatable bonds is 3. The van der Waals surface area contributed by atoms with Crippen LogP contribution in [0.2, 0.25) is 6.04 Å². The van der Waals surface area contributed by atoms with Crippen LogP contribution in [0.15, 0.2) is 30.3 Å². The van der Waals surface area contributed by atoms with Crippen LogP contribution in [0.4, 0.5) is 0 Å². The molecular formula is C15H20OSi. The summed E-state index contributed by atoms with van der Waals surface area (Å²) in [5.41, 5.74) is 0.631. The standard InChI is InChI=1S/C15H20OSi/c1-2-6-14(7-3-1)17-12-15-8-4-5-13(15)11-16-10-9-15/h1-3,6-7,13H,4-5,8-12H2/t13-,15+/m1/s1. The Labute approximate surface area is 106 Å². The van der Waals surface area contributed by atoms with Gasteiger partial charge in [-0.3, -0.25) is 0 Å². The van der Waals surface area contributed by atoms with Crippen LogP contribution in [0.5, 0.6) is 0 Å². The van der Waals surface area contributed by atoms with Gasteiger partial charge < -0.3 is 4.74 Å². The minimum atomic E-state index is 0.631. The summed E-state index contributed by atoms with van der Waals surface area (Å²) < 4.78 is 5.66. The van der Waals surface area contributed by atoms with Gasteiger partial charge in [-0.25, -0.2) is 0 Å². The second-order valence-electron chi connectivity index (χ2n) is 5.50. The van der Waals surface area contributed by atoms with Gasteiger partial charge in [-0.2, -0.15) is 0 Å². The van der Waals surface area contributed by atoms with Crippen LogP contribution >= 0.6 is 0 Å². The zero-order valence-corrected chi connectivity index (χ0v) is 11.3. The van der Waals surface area contributed by atoms with E-state index >= 15 is 0 Å². The molecule has 0 aromatic heterocycles. The van der Waals surface area contributed by atoms with Crippen LogP contribution in [0.1, 0.15) is 25.7 Å². The summed E-state index contributed by atoms with van der Waals surface area (Å²) in [7, 11) is 0.984. The second kappa shape index (κ2) is 4.95. The van der Waals surface area contributed by atoms with E-state index in [2.05, 4.69) is 30.3 Å². The van der Waals surface area contributed by atoms with Gasteiger partial charge in [0.2, 0.25) is 0 Å². The highest BCUT2D eigenvalue weighted by Gasteiger charge is 2.44. The molecule has 0 spiro atoms. The lowest BCUT2D eigenvalue weighted by Crippen LogP contribution is -2.37. The summed E-state index contributed by atoms with van der Waals surface area (Å²) in [4.78, 5) is 0. The Bertz CT molecular complexity index is 364. The van der Waals surface area contributed by atoms with Crippen molar-refractivity contribution in [2.24, 2.45) is 11.3 Å². The topological polar surface area (TPSA) is 9.23 Å². The third-order valence-corrected chi connectivity index (χ3v) is 6.20. The van der Waals surface area contributed by atoms with Gasteiger partial charge in [-0.15, -0.1) is 0 Å². The first kappa shape index (κ1) is 11.5. The number of hydrogen-bond acceptors (Lipinski definition) is 1. The van der Waals surface area contributed by atoms with E-state index in [4.69, 9.17) is 4.74 Å². The summed E-state index contributed by atoms with van der Waals surface area (Å²) in [5.74, 6) is 0.854. The van der Waals surface area contributed by atoms with E-state index < -0.39 is 0 Å². The van der Waals surface area contributed by atoms with Crippen molar-refractivity contribution in [2.45, 2.75) is 31.7 Å². The molecule has 1 aliphatic carbocycles. The first-order chi connectivity index (χ1) is 8.39. The molecule has 1 heterocycles. The van der Waals surface area contributed by atoms with E-state index in [9.17, 15) is 0 Å². The Morgan fingerprint density at radius 2 is 2.12 bits per heavy atom. The molecule has 3 rings (SSSR count). The molecule has 0 unspecified atom stereocenters. The third kappa shape index (κ3) is 2.34. The minimum Gasteiger partial charge on any atom is -0.381 e. The summed E-state index contributed by atoms with van der Waals surface area (Å²) in [6.45, 7) is 2.02. The Balaban J connectivity index is 1.67. The van der Waals surface area contributed by atoms with Gasteiger partial charge in [0.15, 0.2) is 0 Å². The van der Waals surface area contributed by atoms with Gasteiger partial charge in [0.1, 0.15) is 0 Å². The summed E-state index contributed by atoms with van der Waals surface area (Å²) >= 11 is 0. The molecule has 17 heavy (non-hydrogen) atoms. The Morgan fingerprint density at radius 1 is 1.24 bits per heavy atom. The lowest BCUT2D eigenvalue weighted by molar-refractivity contribution is -0.0150. The maximum absolute atomic E-state index is 5.66. The maximum atomic E-state index is 5.66. The van der Waals surface area contributed by atoms with Crippen molar-refractivity contribution in [3.63, 3.8) is 0 Å². The van der Waals surface area contributed by atoms with Crippen molar-refractivity contribution in [1.29, 1.82) is 0 Å². The van der Waals surface area contributed by atoms with Crippen molar-refractivity contribution in [2.75, 3.05) is 13.2 Å². The first-order valence-electron chi connectivity index (χ1n) is 6.76. The predicted octanol–water partition coefficient (Wildman–Crippen LogP) is 2.64. The van der Waals surface area contributed by atoms with Gasteiger partial charge in [0.25, 0.3) is 0 Å². The molecule has 1 aromatic carbocycles. The quantitative estimate of drug-likeness (QED) is 0.743. The fourth-order valence-corrected chi connectivity index (χ4v) is 5.08. The van der Waals surface area contributed by atoms with E-state index in [1.54, 1.807) is 0 Å². The van der Waals surface area contributed by atoms with E-state index in [0.717, 1.165) is 28.7 Å². The second-order valence-corrected chi connectivity index (χ2v) is 6.78. The monoisotopic (exact) mass is 244 g/mol. The van der Waals surface area contributed by atoms with Crippen LogP contribution in [-0.2, 0) is 4.74 Å². The number of fused-ring (bicyclic) bond motifs is 1. The summed E-state index contributed by atoms with van der Waals surface area (Å²) in [6.07, 6.45) is 5.57. The van der Waals surface area contributed by atoms with E-state index in [-0.39, 0.29) is 0 Å². The molecule has 2 fully saturated rings. The SMILES string of the molecule is c1ccc([Si]C[C@@]23CCC[C@@H]2COCC3)cc1. The molecule has 2 heteroatoms. The number of ether oxygens (including phenoxy) is 1. The lowest BCUT2D eigenvalue weighted by atomic mass is 9.76. The molecule has 1 saturated carbocycles. The number of hydrogen-bond donors (Lipinski definition) is 0. The Kier molecular flexibility index (Phi) is 3.34. The van der Waals surface area contributed by atoms with Gasteiger partial charge >= 0.3 is 0 Å². The fourth-order valence-electron chi connectivity index (χ4n) is 3.46. The molecule has 0 N–H and O–H groups in total. The highest BCUT2D eigenvalue weighted by molar-refractivity contribution is 6.53. The smallest absolute Gasteiger partial charge is 0.0813 e. The summed E-state index contributed by atoms with van der Waals surface area (Å²) in [6, 6.07) is 12.4. The van der Waals surface area contributed by atoms with Crippen LogP contribution in [-0.4, -0.2) is 22.7 Å². The Hall–Kier alpha value is -0.603. The van der Waals surface area contributed by atoms with Crippen molar-refractivity contribution in [3.05, 3.63) is 30.3 Å². The normalized spacial score (nSPS) is 32.4. The van der Waals surface area contributed by atoms with Crippen molar-refractivity contribution in [3.8, 4) is 0 Å². The van der Waals surface area contributed by atoms with Gasteiger partial charge in [-0.05, 0) is 30.6 Å². The molecule has 90 valence electrons. The molecule has 1 nitrogen and oxygen atoms in total. The molecule has 2 radical (unpaired) electrons. The molecule has 1 aromatic rings. The zero-order valence-electron chi connectivity index (χ0n) is 10.3. The van der Waals surface area contributed by atoms with E-state index in [1.165, 1.54) is 36.9 Å². The van der Waals surface area contributed by atoms with Crippen molar-refractivity contribution >= 4 is 14.7 Å². The molecule has 0 bridgehead atoms. The van der Waals surface area contributed by atoms with Crippen LogP contribution < -0.4 is 5.19 Å². The molecular weight excluding hydrogens is 224 g/mol. The highest BCUT2D eigenvalue weighted by atomic mass is 28.2. The highest BCUT2D eigenvalue weighted by Crippen LogP contribution is 2.50. The first-order valence-corrected chi connectivity index (χ1v) is 7.96. The molecule has 2 aliphatic rings. The molecule has 1 aliphatic heterocycles. The van der Waals surface area contributed by atoms with Crippen molar-refractivity contribution < 1.29 is 4.74 Å². The third-order valence-electron chi connectivity index (χ3n) is 4.57. The molecule has 0 amide bonds.